The summed E-state index contributed by atoms with van der Waals surface area (Å²) in [5, 5.41) is 12.1. The lowest BCUT2D eigenvalue weighted by molar-refractivity contribution is 0.282. The fraction of sp³-hybridized carbons (Fsp3) is 0.692. The molecule has 0 spiro atoms. The van der Waals surface area contributed by atoms with E-state index < -0.39 is 0 Å². The molecule has 18 heavy (non-hydrogen) atoms. The molecule has 1 fully saturated rings. The van der Waals surface area contributed by atoms with Gasteiger partial charge < -0.3 is 15.3 Å². The predicted molar refractivity (Wildman–Crippen MR) is 72.9 cm³/mol. The van der Waals surface area contributed by atoms with Gasteiger partial charge in [-0.05, 0) is 38.7 Å². The van der Waals surface area contributed by atoms with Crippen LogP contribution in [0.15, 0.2) is 12.3 Å². The number of aliphatic hydroxyl groups excluding tert-OH is 1. The van der Waals surface area contributed by atoms with Gasteiger partial charge in [0.05, 0.1) is 0 Å². The topological polar surface area (TPSA) is 61.3 Å². The molecule has 0 atom stereocenters. The second kappa shape index (κ2) is 6.54. The van der Waals surface area contributed by atoms with Crippen LogP contribution in [0.25, 0.3) is 0 Å². The van der Waals surface area contributed by atoms with Crippen LogP contribution in [0.3, 0.4) is 0 Å². The lowest BCUT2D eigenvalue weighted by Gasteiger charge is -2.38. The van der Waals surface area contributed by atoms with Gasteiger partial charge in [0, 0.05) is 31.9 Å². The number of rotatable bonds is 7. The van der Waals surface area contributed by atoms with Gasteiger partial charge >= 0.3 is 0 Å². The zero-order chi connectivity index (χ0) is 12.8. The van der Waals surface area contributed by atoms with Crippen LogP contribution in [0.1, 0.15) is 32.6 Å². The molecule has 2 N–H and O–H groups in total. The third kappa shape index (κ3) is 3.10. The standard InChI is InChI=1S/C13H22N4O/c1-2-14-13-15-8-7-12(16-13)17(9-4-10-18)11-5-3-6-11/h7-8,11,18H,2-6,9-10H2,1H3,(H,14,15,16). The highest BCUT2D eigenvalue weighted by Gasteiger charge is 2.25. The highest BCUT2D eigenvalue weighted by molar-refractivity contribution is 5.44. The third-order valence-electron chi connectivity index (χ3n) is 3.34. The molecule has 2 rings (SSSR count). The maximum atomic E-state index is 9.00. The Bertz CT molecular complexity index is 368. The second-order valence-electron chi connectivity index (χ2n) is 4.62. The summed E-state index contributed by atoms with van der Waals surface area (Å²) < 4.78 is 0. The Morgan fingerprint density at radius 1 is 1.50 bits per heavy atom. The summed E-state index contributed by atoms with van der Waals surface area (Å²) in [7, 11) is 0. The molecule has 100 valence electrons. The van der Waals surface area contributed by atoms with Gasteiger partial charge in [-0.3, -0.25) is 0 Å². The molecule has 0 amide bonds. The van der Waals surface area contributed by atoms with E-state index in [4.69, 9.17) is 5.11 Å². The Balaban J connectivity index is 2.10. The van der Waals surface area contributed by atoms with Gasteiger partial charge in [-0.2, -0.15) is 4.98 Å². The molecule has 0 unspecified atom stereocenters. The molecule has 0 radical (unpaired) electrons. The van der Waals surface area contributed by atoms with Crippen molar-refractivity contribution in [1.82, 2.24) is 9.97 Å². The summed E-state index contributed by atoms with van der Waals surface area (Å²) in [5.41, 5.74) is 0. The van der Waals surface area contributed by atoms with Gasteiger partial charge in [0.2, 0.25) is 5.95 Å². The van der Waals surface area contributed by atoms with Crippen molar-refractivity contribution in [2.24, 2.45) is 0 Å². The van der Waals surface area contributed by atoms with E-state index in [1.165, 1.54) is 19.3 Å². The van der Waals surface area contributed by atoms with Crippen molar-refractivity contribution in [3.8, 4) is 0 Å². The van der Waals surface area contributed by atoms with Crippen LogP contribution in [0.2, 0.25) is 0 Å². The van der Waals surface area contributed by atoms with Crippen molar-refractivity contribution < 1.29 is 5.11 Å². The van der Waals surface area contributed by atoms with Gasteiger partial charge in [0.15, 0.2) is 0 Å². The minimum absolute atomic E-state index is 0.231. The van der Waals surface area contributed by atoms with E-state index in [0.717, 1.165) is 25.3 Å². The maximum Gasteiger partial charge on any atom is 0.224 e. The van der Waals surface area contributed by atoms with Crippen LogP contribution >= 0.6 is 0 Å². The molecule has 0 aliphatic heterocycles. The number of hydrogen-bond donors (Lipinski definition) is 2. The van der Waals surface area contributed by atoms with Crippen molar-refractivity contribution in [3.63, 3.8) is 0 Å². The number of hydrogen-bond acceptors (Lipinski definition) is 5. The predicted octanol–water partition coefficient (Wildman–Crippen LogP) is 1.65. The molecule has 0 bridgehead atoms. The van der Waals surface area contributed by atoms with E-state index >= 15 is 0 Å². The third-order valence-corrected chi connectivity index (χ3v) is 3.34. The van der Waals surface area contributed by atoms with E-state index in [0.29, 0.717) is 12.0 Å². The Hall–Kier alpha value is -1.36. The molecule has 1 aliphatic rings. The van der Waals surface area contributed by atoms with Crippen LogP contribution in [-0.2, 0) is 0 Å². The molecule has 0 aromatic carbocycles. The highest BCUT2D eigenvalue weighted by Crippen LogP contribution is 2.28. The van der Waals surface area contributed by atoms with Crippen LogP contribution in [0, 0.1) is 0 Å². The molecule has 0 saturated heterocycles. The quantitative estimate of drug-likeness (QED) is 0.770. The molecule has 5 nitrogen and oxygen atoms in total. The van der Waals surface area contributed by atoms with Crippen molar-refractivity contribution in [1.29, 1.82) is 0 Å². The summed E-state index contributed by atoms with van der Waals surface area (Å²) in [6.45, 7) is 3.95. The van der Waals surface area contributed by atoms with Gasteiger partial charge in [-0.1, -0.05) is 0 Å². The first kappa shape index (κ1) is 13.1. The smallest absolute Gasteiger partial charge is 0.224 e. The van der Waals surface area contributed by atoms with Crippen LogP contribution in [-0.4, -0.2) is 40.8 Å². The second-order valence-corrected chi connectivity index (χ2v) is 4.62. The first-order valence-corrected chi connectivity index (χ1v) is 6.79. The maximum absolute atomic E-state index is 9.00. The summed E-state index contributed by atoms with van der Waals surface area (Å²) in [4.78, 5) is 11.0. The molecule has 1 aliphatic carbocycles. The minimum atomic E-state index is 0.231. The largest absolute Gasteiger partial charge is 0.396 e. The van der Waals surface area contributed by atoms with Gasteiger partial charge in [-0.15, -0.1) is 0 Å². The Kier molecular flexibility index (Phi) is 4.75. The summed E-state index contributed by atoms with van der Waals surface area (Å²) in [6, 6.07) is 2.54. The molecule has 1 saturated carbocycles. The summed E-state index contributed by atoms with van der Waals surface area (Å²) in [5.74, 6) is 1.66. The first-order chi connectivity index (χ1) is 8.85. The van der Waals surface area contributed by atoms with Crippen molar-refractivity contribution in [2.75, 3.05) is 29.9 Å². The molecule has 5 heteroatoms. The van der Waals surface area contributed by atoms with E-state index in [2.05, 4.69) is 20.2 Å². The minimum Gasteiger partial charge on any atom is -0.396 e. The van der Waals surface area contributed by atoms with Crippen LogP contribution in [0.5, 0.6) is 0 Å². The Morgan fingerprint density at radius 2 is 2.33 bits per heavy atom. The molecule has 1 aromatic heterocycles. The molecule has 1 aromatic rings. The van der Waals surface area contributed by atoms with Crippen LogP contribution < -0.4 is 10.2 Å². The van der Waals surface area contributed by atoms with Crippen molar-refractivity contribution in [3.05, 3.63) is 12.3 Å². The average Bonchev–Trinajstić information content (AvgIpc) is 2.33. The highest BCUT2D eigenvalue weighted by atomic mass is 16.3. The van der Waals surface area contributed by atoms with Crippen molar-refractivity contribution in [2.45, 2.75) is 38.6 Å². The fourth-order valence-electron chi connectivity index (χ4n) is 2.18. The molecular formula is C13H22N4O. The van der Waals surface area contributed by atoms with E-state index in [-0.39, 0.29) is 6.61 Å². The van der Waals surface area contributed by atoms with Crippen molar-refractivity contribution >= 4 is 11.8 Å². The lowest BCUT2D eigenvalue weighted by Crippen LogP contribution is -2.41. The van der Waals surface area contributed by atoms with E-state index in [1.807, 2.05) is 13.0 Å². The Labute approximate surface area is 108 Å². The number of aromatic nitrogens is 2. The van der Waals surface area contributed by atoms with Crippen LogP contribution in [0.4, 0.5) is 11.8 Å². The van der Waals surface area contributed by atoms with E-state index in [9.17, 15) is 0 Å². The van der Waals surface area contributed by atoms with Gasteiger partial charge in [-0.25, -0.2) is 4.98 Å². The summed E-state index contributed by atoms with van der Waals surface area (Å²) in [6.07, 6.45) is 6.34. The number of anilines is 2. The molecular weight excluding hydrogens is 228 g/mol. The normalized spacial score (nSPS) is 15.2. The Morgan fingerprint density at radius 3 is 2.94 bits per heavy atom. The number of aliphatic hydroxyl groups is 1. The average molecular weight is 250 g/mol. The zero-order valence-corrected chi connectivity index (χ0v) is 11.0. The first-order valence-electron chi connectivity index (χ1n) is 6.79. The number of nitrogens with zero attached hydrogens (tertiary/aromatic N) is 3. The zero-order valence-electron chi connectivity index (χ0n) is 11.0. The van der Waals surface area contributed by atoms with Gasteiger partial charge in [0.1, 0.15) is 5.82 Å². The van der Waals surface area contributed by atoms with Gasteiger partial charge in [0.25, 0.3) is 0 Å². The monoisotopic (exact) mass is 250 g/mol. The SMILES string of the molecule is CCNc1nccc(N(CCCO)C2CCC2)n1. The molecule has 1 heterocycles. The number of nitrogens with one attached hydrogen (secondary N) is 1. The van der Waals surface area contributed by atoms with E-state index in [1.54, 1.807) is 6.20 Å². The lowest BCUT2D eigenvalue weighted by atomic mass is 9.91. The summed E-state index contributed by atoms with van der Waals surface area (Å²) >= 11 is 0. The fourth-order valence-corrected chi connectivity index (χ4v) is 2.18.